The van der Waals surface area contributed by atoms with E-state index in [-0.39, 0.29) is 0 Å². The fourth-order valence-corrected chi connectivity index (χ4v) is 5.08. The predicted octanol–water partition coefficient (Wildman–Crippen LogP) is 5.29. The van der Waals surface area contributed by atoms with Gasteiger partial charge in [-0.2, -0.15) is 0 Å². The average molecular weight is 472 g/mol. The molecule has 0 aliphatic rings. The number of fused-ring (bicyclic) bond motifs is 1. The van der Waals surface area contributed by atoms with Crippen molar-refractivity contribution in [1.82, 2.24) is 18.9 Å². The second-order valence-corrected chi connectivity index (χ2v) is 10.7. The van der Waals surface area contributed by atoms with Gasteiger partial charge in [-0.25, -0.2) is 22.4 Å². The number of nitrogens with one attached hydrogen (secondary N) is 2. The summed E-state index contributed by atoms with van der Waals surface area (Å²) in [5.41, 5.74) is 5.59. The maximum absolute atomic E-state index is 13.4. The summed E-state index contributed by atoms with van der Waals surface area (Å²) in [5.74, 6) is 0.301. The zero-order valence-electron chi connectivity index (χ0n) is 18.9. The fourth-order valence-electron chi connectivity index (χ4n) is 3.90. The van der Waals surface area contributed by atoms with E-state index in [1.807, 2.05) is 78.9 Å². The molecule has 34 heavy (non-hydrogen) atoms. The summed E-state index contributed by atoms with van der Waals surface area (Å²) in [6, 6.07) is 25.3. The van der Waals surface area contributed by atoms with Gasteiger partial charge in [0.05, 0.1) is 34.0 Å². The van der Waals surface area contributed by atoms with Crippen molar-refractivity contribution in [3.05, 3.63) is 90.8 Å². The van der Waals surface area contributed by atoms with Crippen LogP contribution in [0.4, 0.5) is 5.95 Å². The molecule has 0 saturated heterocycles. The van der Waals surface area contributed by atoms with Gasteiger partial charge in [0.25, 0.3) is 0 Å². The first-order valence-corrected chi connectivity index (χ1v) is 12.6. The van der Waals surface area contributed by atoms with E-state index >= 15 is 0 Å². The summed E-state index contributed by atoms with van der Waals surface area (Å²) < 4.78 is 28.1. The highest BCUT2D eigenvalue weighted by atomic mass is 32.2. The Morgan fingerprint density at radius 3 is 2.35 bits per heavy atom. The Labute approximate surface area is 198 Å². The van der Waals surface area contributed by atoms with E-state index in [9.17, 15) is 8.42 Å². The molecule has 0 aliphatic heterocycles. The van der Waals surface area contributed by atoms with Crippen LogP contribution in [-0.2, 0) is 16.6 Å². The van der Waals surface area contributed by atoms with Crippen LogP contribution in [0.25, 0.3) is 33.5 Å². The molecule has 5 aromatic rings. The molecule has 0 bridgehead atoms. The molecule has 2 aromatic heterocycles. The van der Waals surface area contributed by atoms with E-state index in [2.05, 4.69) is 20.3 Å². The Morgan fingerprint density at radius 1 is 0.941 bits per heavy atom. The van der Waals surface area contributed by atoms with Crippen molar-refractivity contribution in [1.29, 1.82) is 0 Å². The van der Waals surface area contributed by atoms with Crippen molar-refractivity contribution in [2.24, 2.45) is 0 Å². The molecule has 2 heterocycles. The van der Waals surface area contributed by atoms with E-state index in [0.29, 0.717) is 23.5 Å². The summed E-state index contributed by atoms with van der Waals surface area (Å²) in [7, 11) is -3.68. The van der Waals surface area contributed by atoms with E-state index in [1.54, 1.807) is 20.2 Å². The zero-order valence-corrected chi connectivity index (χ0v) is 19.8. The van der Waals surface area contributed by atoms with Gasteiger partial charge < -0.3 is 10.3 Å². The molecule has 2 N–H and O–H groups in total. The van der Waals surface area contributed by atoms with E-state index in [0.717, 1.165) is 28.1 Å². The number of nitrogens with zero attached hydrogens (tertiary/aromatic N) is 3. The van der Waals surface area contributed by atoms with Gasteiger partial charge in [-0.1, -0.05) is 66.7 Å². The summed E-state index contributed by atoms with van der Waals surface area (Å²) >= 11 is 0. The van der Waals surface area contributed by atoms with Crippen LogP contribution in [0.5, 0.6) is 0 Å². The third-order valence-corrected chi connectivity index (χ3v) is 7.80. The molecule has 0 fully saturated rings. The minimum Gasteiger partial charge on any atom is -0.351 e. The van der Waals surface area contributed by atoms with Gasteiger partial charge >= 0.3 is 0 Å². The second kappa shape index (κ2) is 8.79. The molecule has 7 nitrogen and oxygen atoms in total. The van der Waals surface area contributed by atoms with Crippen LogP contribution < -0.4 is 5.32 Å². The molecular formula is C26H25N5O2S. The number of hydrogen-bond acceptors (Lipinski definition) is 5. The molecular weight excluding hydrogens is 446 g/mol. The van der Waals surface area contributed by atoms with Crippen LogP contribution in [0.2, 0.25) is 0 Å². The predicted molar refractivity (Wildman–Crippen MR) is 136 cm³/mol. The van der Waals surface area contributed by atoms with Gasteiger partial charge in [-0.05, 0) is 31.5 Å². The molecule has 0 amide bonds. The van der Waals surface area contributed by atoms with Gasteiger partial charge in [-0.3, -0.25) is 0 Å². The SMILES string of the molecule is CC(C)S(=O)(=O)n1c(NCc2ccccc2)nc2ccc(-c3nc[nH]c3-c3ccccc3)cc21. The zero-order chi connectivity index (χ0) is 23.7. The summed E-state index contributed by atoms with van der Waals surface area (Å²) in [4.78, 5) is 12.4. The lowest BCUT2D eigenvalue weighted by atomic mass is 10.0. The number of rotatable bonds is 7. The number of hydrogen-bond donors (Lipinski definition) is 2. The first-order chi connectivity index (χ1) is 16.4. The van der Waals surface area contributed by atoms with Crippen LogP contribution in [0.15, 0.2) is 85.2 Å². The van der Waals surface area contributed by atoms with Crippen LogP contribution in [0, 0.1) is 0 Å². The Hall–Kier alpha value is -3.91. The second-order valence-electron chi connectivity index (χ2n) is 8.33. The van der Waals surface area contributed by atoms with Crippen LogP contribution in [0.1, 0.15) is 19.4 Å². The largest absolute Gasteiger partial charge is 0.351 e. The Morgan fingerprint density at radius 2 is 1.65 bits per heavy atom. The molecule has 0 saturated carbocycles. The number of aromatic nitrogens is 4. The normalized spacial score (nSPS) is 11.9. The third-order valence-electron chi connectivity index (χ3n) is 5.73. The van der Waals surface area contributed by atoms with Gasteiger partial charge in [0.15, 0.2) is 0 Å². The first-order valence-electron chi connectivity index (χ1n) is 11.1. The molecule has 0 aliphatic carbocycles. The lowest BCUT2D eigenvalue weighted by molar-refractivity contribution is 0.580. The molecule has 172 valence electrons. The third kappa shape index (κ3) is 3.97. The lowest BCUT2D eigenvalue weighted by Crippen LogP contribution is -2.24. The standard InChI is InChI=1S/C26H25N5O2S/c1-18(2)34(32,33)31-23-15-21(25-24(28-17-29-25)20-11-7-4-8-12-20)13-14-22(23)30-26(31)27-16-19-9-5-3-6-10-19/h3-15,17-18H,16H2,1-2H3,(H,27,30)(H,28,29). The van der Waals surface area contributed by atoms with E-state index in [1.165, 1.54) is 3.97 Å². The molecule has 0 radical (unpaired) electrons. The Bertz CT molecular complexity index is 1540. The topological polar surface area (TPSA) is 92.7 Å². The molecule has 0 unspecified atom stereocenters. The van der Waals surface area contributed by atoms with Gasteiger partial charge in [0.2, 0.25) is 16.0 Å². The van der Waals surface area contributed by atoms with Crippen molar-refractivity contribution < 1.29 is 8.42 Å². The van der Waals surface area contributed by atoms with Crippen LogP contribution >= 0.6 is 0 Å². The minimum atomic E-state index is -3.68. The highest BCUT2D eigenvalue weighted by Crippen LogP contribution is 2.33. The Balaban J connectivity index is 1.63. The maximum atomic E-state index is 13.4. The molecule has 3 aromatic carbocycles. The molecule has 0 atom stereocenters. The number of imidazole rings is 2. The monoisotopic (exact) mass is 471 g/mol. The van der Waals surface area contributed by atoms with Crippen molar-refractivity contribution in [2.75, 3.05) is 5.32 Å². The number of H-pyrrole nitrogens is 1. The fraction of sp³-hybridized carbons (Fsp3) is 0.154. The van der Waals surface area contributed by atoms with Gasteiger partial charge in [0.1, 0.15) is 0 Å². The maximum Gasteiger partial charge on any atom is 0.244 e. The molecule has 8 heteroatoms. The average Bonchev–Trinajstić information content (AvgIpc) is 3.48. The summed E-state index contributed by atoms with van der Waals surface area (Å²) in [6.07, 6.45) is 1.65. The number of aromatic amines is 1. The number of benzene rings is 3. The van der Waals surface area contributed by atoms with Gasteiger partial charge in [-0.15, -0.1) is 0 Å². The van der Waals surface area contributed by atoms with E-state index < -0.39 is 15.3 Å². The van der Waals surface area contributed by atoms with Crippen molar-refractivity contribution >= 4 is 27.0 Å². The number of anilines is 1. The quantitative estimate of drug-likeness (QED) is 0.336. The highest BCUT2D eigenvalue weighted by Gasteiger charge is 2.26. The summed E-state index contributed by atoms with van der Waals surface area (Å²) in [6.45, 7) is 3.81. The molecule has 5 rings (SSSR count). The molecule has 0 spiro atoms. The Kier molecular flexibility index (Phi) is 5.67. The first kappa shape index (κ1) is 21.9. The van der Waals surface area contributed by atoms with Crippen molar-refractivity contribution in [3.63, 3.8) is 0 Å². The lowest BCUT2D eigenvalue weighted by Gasteiger charge is -2.14. The summed E-state index contributed by atoms with van der Waals surface area (Å²) in [5, 5.41) is 2.61. The van der Waals surface area contributed by atoms with Crippen LogP contribution in [-0.4, -0.2) is 32.6 Å². The van der Waals surface area contributed by atoms with Gasteiger partial charge in [0, 0.05) is 17.7 Å². The van der Waals surface area contributed by atoms with Crippen molar-refractivity contribution in [3.8, 4) is 22.5 Å². The highest BCUT2D eigenvalue weighted by molar-refractivity contribution is 7.90. The minimum absolute atomic E-state index is 0.301. The van der Waals surface area contributed by atoms with Crippen LogP contribution in [0.3, 0.4) is 0 Å². The smallest absolute Gasteiger partial charge is 0.244 e. The van der Waals surface area contributed by atoms with E-state index in [4.69, 9.17) is 0 Å². The van der Waals surface area contributed by atoms with Crippen molar-refractivity contribution in [2.45, 2.75) is 25.6 Å².